The molecule has 0 aromatic heterocycles. The molecule has 0 N–H and O–H groups in total. The molecule has 0 saturated carbocycles. The third-order valence-electron chi connectivity index (χ3n) is 1.61. The van der Waals surface area contributed by atoms with Crippen LogP contribution in [0.5, 0.6) is 0 Å². The predicted molar refractivity (Wildman–Crippen MR) is 45.8 cm³/mol. The highest BCUT2D eigenvalue weighted by Gasteiger charge is 2.31. The summed E-state index contributed by atoms with van der Waals surface area (Å²) in [5.74, 6) is 0. The highest BCUT2D eigenvalue weighted by molar-refractivity contribution is 7.84. The Morgan fingerprint density at radius 2 is 2.31 bits per heavy atom. The zero-order valence-electron chi connectivity index (χ0n) is 7.23. The van der Waals surface area contributed by atoms with Crippen LogP contribution in [-0.4, -0.2) is 32.4 Å². The molecule has 0 aromatic rings. The van der Waals surface area contributed by atoms with Gasteiger partial charge in [0.1, 0.15) is 0 Å². The normalized spacial score (nSPS) is 17.7. The van der Waals surface area contributed by atoms with Crippen molar-refractivity contribution in [3.63, 3.8) is 0 Å². The second-order valence-electron chi connectivity index (χ2n) is 2.56. The second-order valence-corrected chi connectivity index (χ2v) is 4.17. The molecule has 1 aliphatic rings. The van der Waals surface area contributed by atoms with E-state index in [1.165, 1.54) is 10.4 Å². The summed E-state index contributed by atoms with van der Waals surface area (Å²) in [7, 11) is -3.54. The molecule has 6 heteroatoms. The van der Waals surface area contributed by atoms with Crippen LogP contribution in [-0.2, 0) is 14.5 Å². The van der Waals surface area contributed by atoms with Gasteiger partial charge in [-0.25, -0.2) is 0 Å². The first kappa shape index (κ1) is 10.2. The minimum atomic E-state index is -3.54. The highest BCUT2D eigenvalue weighted by Crippen LogP contribution is 2.18. The minimum absolute atomic E-state index is 0.135. The Balaban J connectivity index is 2.53. The van der Waals surface area contributed by atoms with Crippen LogP contribution in [0.1, 0.15) is 6.92 Å². The lowest BCUT2D eigenvalue weighted by Gasteiger charge is -2.31. The number of hydrogen-bond donors (Lipinski definition) is 0. The fourth-order valence-corrected chi connectivity index (χ4v) is 2.07. The van der Waals surface area contributed by atoms with Gasteiger partial charge in [-0.2, -0.15) is 18.0 Å². The van der Waals surface area contributed by atoms with Crippen molar-refractivity contribution in [1.82, 2.24) is 4.31 Å². The van der Waals surface area contributed by atoms with E-state index in [2.05, 4.69) is 4.18 Å². The average molecular weight is 202 g/mol. The molecule has 0 unspecified atom stereocenters. The van der Waals surface area contributed by atoms with Gasteiger partial charge in [0.25, 0.3) is 0 Å². The smallest absolute Gasteiger partial charge is 0.258 e. The van der Waals surface area contributed by atoms with Gasteiger partial charge in [-0.05, 0) is 12.5 Å². The number of nitrogens with zero attached hydrogens (tertiary/aromatic N) is 2. The van der Waals surface area contributed by atoms with E-state index in [0.717, 1.165) is 5.57 Å². The summed E-state index contributed by atoms with van der Waals surface area (Å²) in [5, 5.41) is 8.27. The molecule has 5 nitrogen and oxygen atoms in total. The minimum Gasteiger partial charge on any atom is -0.258 e. The molecule has 1 heterocycles. The molecular formula is C7H10N2O3S. The summed E-state index contributed by atoms with van der Waals surface area (Å²) in [6, 6.07) is 1.85. The Hall–Kier alpha value is -0.900. The lowest BCUT2D eigenvalue weighted by atomic mass is 10.1. The molecule has 1 rings (SSSR count). The largest absolute Gasteiger partial charge is 0.338 e. The standard InChI is InChI=1S/C7H10N2O3S/c1-2-12-13(10,11)9-5-7(6-9)3-4-8/h3H,2,5-6H2,1H3. The van der Waals surface area contributed by atoms with Crippen molar-refractivity contribution in [2.75, 3.05) is 19.7 Å². The van der Waals surface area contributed by atoms with Crippen LogP contribution in [0, 0.1) is 11.3 Å². The van der Waals surface area contributed by atoms with Gasteiger partial charge in [0, 0.05) is 19.2 Å². The summed E-state index contributed by atoms with van der Waals surface area (Å²) in [5.41, 5.74) is 0.811. The van der Waals surface area contributed by atoms with Crippen molar-refractivity contribution in [1.29, 1.82) is 5.26 Å². The Bertz CT molecular complexity index is 344. The van der Waals surface area contributed by atoms with E-state index >= 15 is 0 Å². The van der Waals surface area contributed by atoms with Crippen LogP contribution in [0.3, 0.4) is 0 Å². The van der Waals surface area contributed by atoms with Crippen molar-refractivity contribution >= 4 is 10.3 Å². The van der Waals surface area contributed by atoms with E-state index in [-0.39, 0.29) is 19.7 Å². The Morgan fingerprint density at radius 1 is 1.69 bits per heavy atom. The van der Waals surface area contributed by atoms with Crippen LogP contribution >= 0.6 is 0 Å². The zero-order chi connectivity index (χ0) is 9.90. The first-order valence-corrected chi connectivity index (χ1v) is 5.18. The quantitative estimate of drug-likeness (QED) is 0.605. The van der Waals surface area contributed by atoms with Gasteiger partial charge in [0.05, 0.1) is 12.7 Å². The number of nitriles is 1. The van der Waals surface area contributed by atoms with Crippen molar-refractivity contribution in [2.45, 2.75) is 6.92 Å². The maximum atomic E-state index is 11.2. The van der Waals surface area contributed by atoms with Gasteiger partial charge < -0.3 is 0 Å². The van der Waals surface area contributed by atoms with Gasteiger partial charge in [-0.15, -0.1) is 0 Å². The summed E-state index contributed by atoms with van der Waals surface area (Å²) in [6.07, 6.45) is 1.36. The zero-order valence-corrected chi connectivity index (χ0v) is 8.04. The molecule has 72 valence electrons. The Labute approximate surface area is 77.5 Å². The third kappa shape index (κ3) is 2.28. The number of hydrogen-bond acceptors (Lipinski definition) is 4. The van der Waals surface area contributed by atoms with Gasteiger partial charge in [-0.1, -0.05) is 0 Å². The molecule has 1 aliphatic heterocycles. The van der Waals surface area contributed by atoms with Crippen molar-refractivity contribution < 1.29 is 12.6 Å². The molecule has 1 saturated heterocycles. The van der Waals surface area contributed by atoms with Gasteiger partial charge in [0.15, 0.2) is 0 Å². The first-order chi connectivity index (χ1) is 6.10. The molecule has 0 aromatic carbocycles. The van der Waals surface area contributed by atoms with Gasteiger partial charge in [-0.3, -0.25) is 4.18 Å². The van der Waals surface area contributed by atoms with E-state index in [4.69, 9.17) is 5.26 Å². The second kappa shape index (κ2) is 3.87. The summed E-state index contributed by atoms with van der Waals surface area (Å²) in [4.78, 5) is 0. The van der Waals surface area contributed by atoms with Crippen LogP contribution < -0.4 is 0 Å². The summed E-state index contributed by atoms with van der Waals surface area (Å²) < 4.78 is 28.0. The van der Waals surface area contributed by atoms with E-state index < -0.39 is 10.3 Å². The first-order valence-electron chi connectivity index (χ1n) is 3.82. The van der Waals surface area contributed by atoms with Crippen LogP contribution in [0.15, 0.2) is 11.6 Å². The third-order valence-corrected chi connectivity index (χ3v) is 3.03. The Morgan fingerprint density at radius 3 is 2.77 bits per heavy atom. The maximum absolute atomic E-state index is 11.2. The molecule has 0 atom stereocenters. The molecule has 0 spiro atoms. The molecule has 0 bridgehead atoms. The molecule has 0 aliphatic carbocycles. The topological polar surface area (TPSA) is 70.4 Å². The number of rotatable bonds is 3. The molecule has 0 amide bonds. The Kier molecular flexibility index (Phi) is 3.03. The van der Waals surface area contributed by atoms with Crippen molar-refractivity contribution in [3.05, 3.63) is 11.6 Å². The highest BCUT2D eigenvalue weighted by atomic mass is 32.2. The van der Waals surface area contributed by atoms with Crippen molar-refractivity contribution in [2.24, 2.45) is 0 Å². The van der Waals surface area contributed by atoms with Crippen molar-refractivity contribution in [3.8, 4) is 6.07 Å². The lowest BCUT2D eigenvalue weighted by molar-refractivity contribution is 0.269. The lowest BCUT2D eigenvalue weighted by Crippen LogP contribution is -2.45. The fraction of sp³-hybridized carbons (Fsp3) is 0.571. The van der Waals surface area contributed by atoms with Gasteiger partial charge >= 0.3 is 10.3 Å². The fourth-order valence-electron chi connectivity index (χ4n) is 0.971. The molecule has 13 heavy (non-hydrogen) atoms. The summed E-state index contributed by atoms with van der Waals surface area (Å²) in [6.45, 7) is 2.30. The van der Waals surface area contributed by atoms with Crippen LogP contribution in [0.2, 0.25) is 0 Å². The predicted octanol–water partition coefficient (Wildman–Crippen LogP) is 0.0333. The SMILES string of the molecule is CCOS(=O)(=O)N1CC(=CC#N)C1. The summed E-state index contributed by atoms with van der Waals surface area (Å²) >= 11 is 0. The molecule has 1 fully saturated rings. The average Bonchev–Trinajstić information content (AvgIpc) is 1.95. The van der Waals surface area contributed by atoms with E-state index in [0.29, 0.717) is 0 Å². The van der Waals surface area contributed by atoms with Crippen LogP contribution in [0.4, 0.5) is 0 Å². The molecule has 0 radical (unpaired) electrons. The van der Waals surface area contributed by atoms with Gasteiger partial charge in [0.2, 0.25) is 0 Å². The monoisotopic (exact) mass is 202 g/mol. The maximum Gasteiger partial charge on any atom is 0.338 e. The number of allylic oxidation sites excluding steroid dienone is 1. The van der Waals surface area contributed by atoms with Crippen LogP contribution in [0.25, 0.3) is 0 Å². The van der Waals surface area contributed by atoms with E-state index in [1.54, 1.807) is 6.92 Å². The molecular weight excluding hydrogens is 192 g/mol. The van der Waals surface area contributed by atoms with E-state index in [9.17, 15) is 8.42 Å². The van der Waals surface area contributed by atoms with E-state index in [1.807, 2.05) is 6.07 Å².